The number of likely N-dealkylation sites (tertiary alicyclic amines) is 1. The molecule has 22 heavy (non-hydrogen) atoms. The van der Waals surface area contributed by atoms with Crippen molar-refractivity contribution in [2.75, 3.05) is 12.3 Å². The zero-order valence-corrected chi connectivity index (χ0v) is 12.8. The second-order valence-electron chi connectivity index (χ2n) is 5.70. The summed E-state index contributed by atoms with van der Waals surface area (Å²) in [6.45, 7) is 0.800. The number of sulfonamides is 1. The van der Waals surface area contributed by atoms with Gasteiger partial charge in [-0.15, -0.1) is 0 Å². The number of carbonyl (C=O) groups excluding carboxylic acids is 1. The molecule has 1 aliphatic rings. The summed E-state index contributed by atoms with van der Waals surface area (Å²) in [6.07, 6.45) is 2.01. The number of benzene rings is 1. The second kappa shape index (κ2) is 5.66. The normalized spacial score (nSPS) is 19.0. The van der Waals surface area contributed by atoms with Gasteiger partial charge in [0.1, 0.15) is 0 Å². The fourth-order valence-electron chi connectivity index (χ4n) is 2.86. The van der Waals surface area contributed by atoms with E-state index >= 15 is 0 Å². The molecule has 0 aliphatic carbocycles. The molecule has 1 aliphatic heterocycles. The number of pyridine rings is 1. The highest BCUT2D eigenvalue weighted by Gasteiger charge is 2.32. The molecule has 0 spiro atoms. The van der Waals surface area contributed by atoms with Crippen molar-refractivity contribution >= 4 is 26.7 Å². The summed E-state index contributed by atoms with van der Waals surface area (Å²) in [6, 6.07) is 9.84. The maximum absolute atomic E-state index is 12.0. The molecule has 6 nitrogen and oxygen atoms in total. The summed E-state index contributed by atoms with van der Waals surface area (Å²) in [5, 5.41) is 7.17. The Bertz CT molecular complexity index is 820. The monoisotopic (exact) mass is 319 g/mol. The summed E-state index contributed by atoms with van der Waals surface area (Å²) >= 11 is 0. The van der Waals surface area contributed by atoms with Crippen LogP contribution in [0.5, 0.6) is 0 Å². The predicted molar refractivity (Wildman–Crippen MR) is 83.2 cm³/mol. The number of primary sulfonamides is 1. The summed E-state index contributed by atoms with van der Waals surface area (Å²) in [7, 11) is -3.55. The molecule has 0 radical (unpaired) electrons. The Morgan fingerprint density at radius 1 is 1.27 bits per heavy atom. The lowest BCUT2D eigenvalue weighted by molar-refractivity contribution is -0.128. The smallest absolute Gasteiger partial charge is 0.223 e. The molecule has 1 saturated heterocycles. The third kappa shape index (κ3) is 3.42. The molecule has 0 bridgehead atoms. The number of rotatable bonds is 4. The van der Waals surface area contributed by atoms with Crippen molar-refractivity contribution in [3.63, 3.8) is 0 Å². The van der Waals surface area contributed by atoms with Gasteiger partial charge in [-0.05, 0) is 11.5 Å². The summed E-state index contributed by atoms with van der Waals surface area (Å²) in [5.41, 5.74) is 0.795. The number of hydrogen-bond acceptors (Lipinski definition) is 4. The van der Waals surface area contributed by atoms with Crippen molar-refractivity contribution in [2.45, 2.75) is 13.0 Å². The Hall–Kier alpha value is -1.99. The van der Waals surface area contributed by atoms with Crippen LogP contribution in [0.2, 0.25) is 0 Å². The third-order valence-electron chi connectivity index (χ3n) is 3.80. The molecule has 3 rings (SSSR count). The molecule has 2 heterocycles. The van der Waals surface area contributed by atoms with E-state index in [2.05, 4.69) is 4.98 Å². The Kier molecular flexibility index (Phi) is 3.84. The van der Waals surface area contributed by atoms with Gasteiger partial charge in [0.05, 0.1) is 18.0 Å². The first kappa shape index (κ1) is 14.9. The molecular weight excluding hydrogens is 302 g/mol. The van der Waals surface area contributed by atoms with Gasteiger partial charge in [-0.25, -0.2) is 13.6 Å². The minimum atomic E-state index is -3.55. The molecular formula is C15H17N3O3S. The van der Waals surface area contributed by atoms with Gasteiger partial charge < -0.3 is 4.90 Å². The molecule has 1 fully saturated rings. The van der Waals surface area contributed by atoms with Crippen molar-refractivity contribution < 1.29 is 13.2 Å². The largest absolute Gasteiger partial charge is 0.336 e. The number of nitrogens with zero attached hydrogens (tertiary/aromatic N) is 2. The Balaban J connectivity index is 1.73. The van der Waals surface area contributed by atoms with Crippen LogP contribution in [0.3, 0.4) is 0 Å². The molecule has 7 heteroatoms. The Morgan fingerprint density at radius 3 is 2.73 bits per heavy atom. The first-order chi connectivity index (χ1) is 10.4. The average Bonchev–Trinajstić information content (AvgIpc) is 2.76. The average molecular weight is 319 g/mol. The van der Waals surface area contributed by atoms with Crippen LogP contribution in [0.1, 0.15) is 12.1 Å². The lowest BCUT2D eigenvalue weighted by Crippen LogP contribution is -2.27. The maximum atomic E-state index is 12.0. The van der Waals surface area contributed by atoms with Gasteiger partial charge in [0, 0.05) is 30.5 Å². The first-order valence-electron chi connectivity index (χ1n) is 7.02. The van der Waals surface area contributed by atoms with E-state index in [4.69, 9.17) is 5.14 Å². The molecule has 1 atom stereocenters. The van der Waals surface area contributed by atoms with E-state index in [9.17, 15) is 13.2 Å². The summed E-state index contributed by atoms with van der Waals surface area (Å²) < 4.78 is 22.3. The van der Waals surface area contributed by atoms with E-state index < -0.39 is 10.0 Å². The van der Waals surface area contributed by atoms with E-state index in [1.54, 1.807) is 11.1 Å². The molecule has 0 saturated carbocycles. The van der Waals surface area contributed by atoms with Crippen molar-refractivity contribution in [3.05, 3.63) is 42.2 Å². The minimum Gasteiger partial charge on any atom is -0.336 e. The topological polar surface area (TPSA) is 93.4 Å². The van der Waals surface area contributed by atoms with Crippen LogP contribution in [0, 0.1) is 5.92 Å². The zero-order valence-electron chi connectivity index (χ0n) is 12.0. The second-order valence-corrected chi connectivity index (χ2v) is 7.36. The van der Waals surface area contributed by atoms with Crippen LogP contribution in [0.4, 0.5) is 0 Å². The van der Waals surface area contributed by atoms with Crippen LogP contribution < -0.4 is 5.14 Å². The molecule has 1 amide bonds. The number of carbonyl (C=O) groups is 1. The van der Waals surface area contributed by atoms with Gasteiger partial charge in [-0.2, -0.15) is 0 Å². The number of amides is 1. The quantitative estimate of drug-likeness (QED) is 0.905. The highest BCUT2D eigenvalue weighted by molar-refractivity contribution is 7.89. The zero-order chi connectivity index (χ0) is 15.7. The number of hydrogen-bond donors (Lipinski definition) is 1. The molecule has 116 valence electrons. The number of fused-ring (bicyclic) bond motifs is 1. The van der Waals surface area contributed by atoms with Crippen molar-refractivity contribution in [2.24, 2.45) is 11.1 Å². The molecule has 1 aromatic heterocycles. The maximum Gasteiger partial charge on any atom is 0.223 e. The highest BCUT2D eigenvalue weighted by atomic mass is 32.2. The van der Waals surface area contributed by atoms with Gasteiger partial charge in [0.25, 0.3) is 0 Å². The van der Waals surface area contributed by atoms with Crippen LogP contribution in [-0.2, 0) is 21.4 Å². The highest BCUT2D eigenvalue weighted by Crippen LogP contribution is 2.22. The number of aromatic nitrogens is 1. The van der Waals surface area contributed by atoms with Crippen molar-refractivity contribution in [3.8, 4) is 0 Å². The van der Waals surface area contributed by atoms with E-state index in [-0.39, 0.29) is 24.0 Å². The molecule has 2 aromatic rings. The van der Waals surface area contributed by atoms with E-state index in [0.29, 0.717) is 13.1 Å². The van der Waals surface area contributed by atoms with Crippen molar-refractivity contribution in [1.82, 2.24) is 9.88 Å². The van der Waals surface area contributed by atoms with Crippen LogP contribution in [0.25, 0.3) is 10.8 Å². The SMILES string of the molecule is NS(=O)(=O)CC1CC(=O)N(Cc2cc3ccccc3cn2)C1. The fourth-order valence-corrected chi connectivity index (χ4v) is 3.74. The van der Waals surface area contributed by atoms with Crippen LogP contribution in [-0.4, -0.2) is 36.5 Å². The predicted octanol–water partition coefficient (Wildman–Crippen LogP) is 0.872. The first-order valence-corrected chi connectivity index (χ1v) is 8.74. The van der Waals surface area contributed by atoms with E-state index in [1.165, 1.54) is 0 Å². The molecule has 1 unspecified atom stereocenters. The van der Waals surface area contributed by atoms with E-state index in [0.717, 1.165) is 16.5 Å². The van der Waals surface area contributed by atoms with Gasteiger partial charge >= 0.3 is 0 Å². The number of nitrogens with two attached hydrogens (primary N) is 1. The van der Waals surface area contributed by atoms with E-state index in [1.807, 2.05) is 30.3 Å². The van der Waals surface area contributed by atoms with Crippen molar-refractivity contribution in [1.29, 1.82) is 0 Å². The third-order valence-corrected chi connectivity index (χ3v) is 4.74. The standard InChI is InChI=1S/C15H17N3O3S/c16-22(20,21)10-11-5-15(19)18(8-11)9-14-6-12-3-1-2-4-13(12)7-17-14/h1-4,6-7,11H,5,8-10H2,(H2,16,20,21). The van der Waals surface area contributed by atoms with Gasteiger partial charge in [-0.3, -0.25) is 9.78 Å². The van der Waals surface area contributed by atoms with Crippen LogP contribution >= 0.6 is 0 Å². The van der Waals surface area contributed by atoms with Gasteiger partial charge in [0.15, 0.2) is 0 Å². The summed E-state index contributed by atoms with van der Waals surface area (Å²) in [4.78, 5) is 18.0. The van der Waals surface area contributed by atoms with Gasteiger partial charge in [0.2, 0.25) is 15.9 Å². The Morgan fingerprint density at radius 2 is 2.00 bits per heavy atom. The Labute approximate surface area is 129 Å². The molecule has 1 aromatic carbocycles. The lowest BCUT2D eigenvalue weighted by atomic mass is 10.1. The summed E-state index contributed by atoms with van der Waals surface area (Å²) in [5.74, 6) is -0.438. The van der Waals surface area contributed by atoms with Gasteiger partial charge in [-0.1, -0.05) is 24.3 Å². The fraction of sp³-hybridized carbons (Fsp3) is 0.333. The lowest BCUT2D eigenvalue weighted by Gasteiger charge is -2.16. The minimum absolute atomic E-state index is 0.0522. The van der Waals surface area contributed by atoms with Crippen LogP contribution in [0.15, 0.2) is 36.5 Å². The molecule has 2 N–H and O–H groups in total.